The SMILES string of the molecule is Cc1c(CCl)nc2ccc(F)cc2c1OCc1ccccc1. The minimum Gasteiger partial charge on any atom is -0.488 e. The molecule has 0 atom stereocenters. The Morgan fingerprint density at radius 3 is 2.64 bits per heavy atom. The molecule has 1 aromatic heterocycles. The van der Waals surface area contributed by atoms with Gasteiger partial charge in [0.2, 0.25) is 0 Å². The van der Waals surface area contributed by atoms with Gasteiger partial charge in [0.25, 0.3) is 0 Å². The smallest absolute Gasteiger partial charge is 0.134 e. The summed E-state index contributed by atoms with van der Waals surface area (Å²) in [6, 6.07) is 14.3. The Morgan fingerprint density at radius 1 is 1.14 bits per heavy atom. The predicted octanol–water partition coefficient (Wildman–Crippen LogP) is 5.00. The molecule has 0 saturated heterocycles. The summed E-state index contributed by atoms with van der Waals surface area (Å²) in [7, 11) is 0. The van der Waals surface area contributed by atoms with Gasteiger partial charge >= 0.3 is 0 Å². The molecule has 0 spiro atoms. The first-order chi connectivity index (χ1) is 10.7. The van der Waals surface area contributed by atoms with Gasteiger partial charge in [-0.2, -0.15) is 0 Å². The first-order valence-electron chi connectivity index (χ1n) is 7.00. The lowest BCUT2D eigenvalue weighted by Crippen LogP contribution is -2.02. The van der Waals surface area contributed by atoms with Gasteiger partial charge in [0.1, 0.15) is 18.2 Å². The van der Waals surface area contributed by atoms with E-state index < -0.39 is 0 Å². The van der Waals surface area contributed by atoms with Crippen molar-refractivity contribution in [2.24, 2.45) is 0 Å². The van der Waals surface area contributed by atoms with Crippen molar-refractivity contribution in [2.75, 3.05) is 0 Å². The summed E-state index contributed by atoms with van der Waals surface area (Å²) in [6.45, 7) is 2.31. The second kappa shape index (κ2) is 6.32. The van der Waals surface area contributed by atoms with Crippen LogP contribution in [0.4, 0.5) is 4.39 Å². The van der Waals surface area contributed by atoms with Crippen LogP contribution < -0.4 is 4.74 Å². The van der Waals surface area contributed by atoms with Crippen LogP contribution in [-0.4, -0.2) is 4.98 Å². The van der Waals surface area contributed by atoms with Gasteiger partial charge in [-0.3, -0.25) is 4.98 Å². The van der Waals surface area contributed by atoms with Crippen molar-refractivity contribution in [3.8, 4) is 5.75 Å². The number of hydrogen-bond acceptors (Lipinski definition) is 2. The van der Waals surface area contributed by atoms with Crippen LogP contribution >= 0.6 is 11.6 Å². The molecule has 0 saturated carbocycles. The normalized spacial score (nSPS) is 10.9. The fourth-order valence-corrected chi connectivity index (χ4v) is 2.66. The predicted molar refractivity (Wildman–Crippen MR) is 86.8 cm³/mol. The number of ether oxygens (including phenoxy) is 1. The lowest BCUT2D eigenvalue weighted by molar-refractivity contribution is 0.307. The zero-order valence-corrected chi connectivity index (χ0v) is 12.9. The van der Waals surface area contributed by atoms with E-state index in [9.17, 15) is 4.39 Å². The number of aromatic nitrogens is 1. The van der Waals surface area contributed by atoms with Crippen molar-refractivity contribution in [3.05, 3.63) is 71.2 Å². The summed E-state index contributed by atoms with van der Waals surface area (Å²) >= 11 is 5.96. The molecule has 2 aromatic carbocycles. The Labute approximate surface area is 133 Å². The molecule has 0 aliphatic rings. The van der Waals surface area contributed by atoms with Gasteiger partial charge in [-0.1, -0.05) is 30.3 Å². The quantitative estimate of drug-likeness (QED) is 0.632. The minimum absolute atomic E-state index is 0.293. The zero-order valence-electron chi connectivity index (χ0n) is 12.1. The molecule has 0 fully saturated rings. The molecule has 0 bridgehead atoms. The molecule has 0 aliphatic carbocycles. The first kappa shape index (κ1) is 14.8. The Morgan fingerprint density at radius 2 is 1.91 bits per heavy atom. The molecule has 2 nitrogen and oxygen atoms in total. The number of nitrogens with zero attached hydrogens (tertiary/aromatic N) is 1. The fourth-order valence-electron chi connectivity index (χ4n) is 2.40. The van der Waals surface area contributed by atoms with E-state index in [1.54, 1.807) is 6.07 Å². The van der Waals surface area contributed by atoms with Crippen LogP contribution in [0.2, 0.25) is 0 Å². The van der Waals surface area contributed by atoms with E-state index in [1.807, 2.05) is 37.3 Å². The third-order valence-corrected chi connectivity index (χ3v) is 3.84. The van der Waals surface area contributed by atoms with Crippen molar-refractivity contribution < 1.29 is 9.13 Å². The third kappa shape index (κ3) is 2.90. The highest BCUT2D eigenvalue weighted by atomic mass is 35.5. The highest BCUT2D eigenvalue weighted by Gasteiger charge is 2.13. The van der Waals surface area contributed by atoms with E-state index in [2.05, 4.69) is 4.98 Å². The van der Waals surface area contributed by atoms with Crippen molar-refractivity contribution >= 4 is 22.5 Å². The molecule has 0 amide bonds. The molecular weight excluding hydrogens is 301 g/mol. The van der Waals surface area contributed by atoms with Gasteiger partial charge in [0.15, 0.2) is 0 Å². The highest BCUT2D eigenvalue weighted by molar-refractivity contribution is 6.17. The van der Waals surface area contributed by atoms with Crippen LogP contribution in [0.1, 0.15) is 16.8 Å². The molecule has 3 aromatic rings. The average Bonchev–Trinajstić information content (AvgIpc) is 2.54. The van der Waals surface area contributed by atoms with Crippen molar-refractivity contribution in [1.29, 1.82) is 0 Å². The Kier molecular flexibility index (Phi) is 4.25. The first-order valence-corrected chi connectivity index (χ1v) is 7.54. The number of fused-ring (bicyclic) bond motifs is 1. The summed E-state index contributed by atoms with van der Waals surface area (Å²) < 4.78 is 19.6. The minimum atomic E-state index is -0.308. The summed E-state index contributed by atoms with van der Waals surface area (Å²) in [5.74, 6) is 0.627. The van der Waals surface area contributed by atoms with Gasteiger partial charge in [-0.05, 0) is 30.7 Å². The van der Waals surface area contributed by atoms with Crippen LogP contribution in [-0.2, 0) is 12.5 Å². The van der Waals surface area contributed by atoms with Crippen LogP contribution in [0.3, 0.4) is 0 Å². The van der Waals surface area contributed by atoms with E-state index in [-0.39, 0.29) is 5.82 Å². The average molecular weight is 316 g/mol. The second-order valence-electron chi connectivity index (χ2n) is 5.08. The standard InChI is InChI=1S/C18H15ClFNO/c1-12-17(10-19)21-16-8-7-14(20)9-15(16)18(12)22-11-13-5-3-2-4-6-13/h2-9H,10-11H2,1H3. The zero-order chi connectivity index (χ0) is 15.5. The van der Waals surface area contributed by atoms with Gasteiger partial charge in [-0.25, -0.2) is 4.39 Å². The lowest BCUT2D eigenvalue weighted by Gasteiger charge is -2.14. The topological polar surface area (TPSA) is 22.1 Å². The number of benzene rings is 2. The Hall–Kier alpha value is -2.13. The van der Waals surface area contributed by atoms with Gasteiger partial charge < -0.3 is 4.74 Å². The van der Waals surface area contributed by atoms with E-state index in [0.717, 1.165) is 16.8 Å². The van der Waals surface area contributed by atoms with Crippen LogP contribution in [0.5, 0.6) is 5.75 Å². The molecular formula is C18H15ClFNO. The number of rotatable bonds is 4. The van der Waals surface area contributed by atoms with Gasteiger partial charge in [-0.15, -0.1) is 11.6 Å². The van der Waals surface area contributed by atoms with Crippen LogP contribution in [0.25, 0.3) is 10.9 Å². The van der Waals surface area contributed by atoms with E-state index in [4.69, 9.17) is 16.3 Å². The number of hydrogen-bond donors (Lipinski definition) is 0. The largest absolute Gasteiger partial charge is 0.488 e. The van der Waals surface area contributed by atoms with Crippen molar-refractivity contribution in [3.63, 3.8) is 0 Å². The molecule has 3 rings (SSSR count). The molecule has 0 radical (unpaired) electrons. The monoisotopic (exact) mass is 315 g/mol. The van der Waals surface area contributed by atoms with E-state index in [0.29, 0.717) is 29.1 Å². The van der Waals surface area contributed by atoms with Gasteiger partial charge in [0.05, 0.1) is 17.1 Å². The second-order valence-corrected chi connectivity index (χ2v) is 5.35. The molecule has 0 N–H and O–H groups in total. The third-order valence-electron chi connectivity index (χ3n) is 3.58. The Bertz CT molecular complexity index is 805. The maximum Gasteiger partial charge on any atom is 0.134 e. The summed E-state index contributed by atoms with van der Waals surface area (Å²) in [4.78, 5) is 4.47. The van der Waals surface area contributed by atoms with E-state index >= 15 is 0 Å². The number of halogens is 2. The number of alkyl halides is 1. The molecule has 1 heterocycles. The van der Waals surface area contributed by atoms with Crippen molar-refractivity contribution in [2.45, 2.75) is 19.4 Å². The van der Waals surface area contributed by atoms with Crippen molar-refractivity contribution in [1.82, 2.24) is 4.98 Å². The van der Waals surface area contributed by atoms with Crippen LogP contribution in [0.15, 0.2) is 48.5 Å². The molecule has 112 valence electrons. The molecule has 22 heavy (non-hydrogen) atoms. The Balaban J connectivity index is 2.05. The summed E-state index contributed by atoms with van der Waals surface area (Å²) in [5.41, 5.74) is 3.34. The fraction of sp³-hybridized carbons (Fsp3) is 0.167. The molecule has 0 unspecified atom stereocenters. The van der Waals surface area contributed by atoms with Gasteiger partial charge in [0, 0.05) is 10.9 Å². The molecule has 0 aliphatic heterocycles. The van der Waals surface area contributed by atoms with E-state index in [1.165, 1.54) is 12.1 Å². The summed E-state index contributed by atoms with van der Waals surface area (Å²) in [5, 5.41) is 0.669. The summed E-state index contributed by atoms with van der Waals surface area (Å²) in [6.07, 6.45) is 0. The number of pyridine rings is 1. The highest BCUT2D eigenvalue weighted by Crippen LogP contribution is 2.32. The maximum absolute atomic E-state index is 13.6. The van der Waals surface area contributed by atoms with Crippen LogP contribution in [0, 0.1) is 12.7 Å². The maximum atomic E-state index is 13.6. The molecule has 4 heteroatoms. The lowest BCUT2D eigenvalue weighted by atomic mass is 10.1.